The monoisotopic (exact) mass is 315 g/mol. The molecule has 0 aliphatic carbocycles. The predicted molar refractivity (Wildman–Crippen MR) is 94.3 cm³/mol. The highest BCUT2D eigenvalue weighted by molar-refractivity contribution is 7.98. The number of aromatic nitrogens is 1. The van der Waals surface area contributed by atoms with Crippen LogP contribution in [0.25, 0.3) is 0 Å². The van der Waals surface area contributed by atoms with Crippen LogP contribution in [0.3, 0.4) is 0 Å². The Morgan fingerprint density at radius 2 is 2.15 bits per heavy atom. The number of nitrogens with one attached hydrogen (secondary N) is 1. The fourth-order valence-electron chi connectivity index (χ4n) is 1.90. The van der Waals surface area contributed by atoms with Crippen LogP contribution in [0, 0.1) is 5.92 Å². The van der Waals surface area contributed by atoms with E-state index in [1.807, 2.05) is 23.1 Å². The molecule has 0 atom stereocenters. The van der Waals surface area contributed by atoms with Gasteiger partial charge in [-0.1, -0.05) is 27.2 Å². The largest absolute Gasteiger partial charge is 0.350 e. The van der Waals surface area contributed by atoms with E-state index >= 15 is 0 Å². The summed E-state index contributed by atoms with van der Waals surface area (Å²) in [4.78, 5) is 8.54. The molecule has 0 saturated heterocycles. The first-order valence-corrected chi connectivity index (χ1v) is 9.68. The van der Waals surface area contributed by atoms with E-state index in [0.29, 0.717) is 5.92 Å². The van der Waals surface area contributed by atoms with Crippen LogP contribution < -0.4 is 10.2 Å². The number of rotatable bonds is 10. The zero-order chi connectivity index (χ0) is 15.0. The first kappa shape index (κ1) is 17.8. The normalized spacial score (nSPS) is 11.3. The van der Waals surface area contributed by atoms with E-state index in [1.165, 1.54) is 15.7 Å². The van der Waals surface area contributed by atoms with Crippen LogP contribution in [0.5, 0.6) is 0 Å². The molecule has 0 radical (unpaired) electrons. The van der Waals surface area contributed by atoms with Gasteiger partial charge in [0.25, 0.3) is 0 Å². The van der Waals surface area contributed by atoms with Gasteiger partial charge in [-0.15, -0.1) is 11.3 Å². The van der Waals surface area contributed by atoms with Crippen molar-refractivity contribution in [3.63, 3.8) is 0 Å². The van der Waals surface area contributed by atoms with E-state index in [2.05, 4.69) is 44.3 Å². The maximum Gasteiger partial charge on any atom is 0.185 e. The third kappa shape index (κ3) is 6.02. The second kappa shape index (κ2) is 9.64. The molecule has 116 valence electrons. The Bertz CT molecular complexity index is 377. The van der Waals surface area contributed by atoms with Gasteiger partial charge in [-0.05, 0) is 25.1 Å². The molecular formula is C15H29N3S2. The van der Waals surface area contributed by atoms with Gasteiger partial charge in [-0.3, -0.25) is 0 Å². The number of nitrogens with zero attached hydrogens (tertiary/aromatic N) is 2. The summed E-state index contributed by atoms with van der Waals surface area (Å²) in [5.41, 5.74) is 1.29. The maximum atomic E-state index is 4.85. The smallest absolute Gasteiger partial charge is 0.185 e. The minimum atomic E-state index is 0.696. The van der Waals surface area contributed by atoms with Gasteiger partial charge < -0.3 is 10.2 Å². The molecule has 1 aromatic heterocycles. The van der Waals surface area contributed by atoms with Crippen molar-refractivity contribution in [3.05, 3.63) is 10.6 Å². The second-order valence-corrected chi connectivity index (χ2v) is 7.60. The van der Waals surface area contributed by atoms with Crippen molar-refractivity contribution in [2.75, 3.05) is 37.0 Å². The van der Waals surface area contributed by atoms with Gasteiger partial charge in [-0.2, -0.15) is 11.8 Å². The molecule has 0 aromatic carbocycles. The molecule has 3 nitrogen and oxygen atoms in total. The minimum Gasteiger partial charge on any atom is -0.350 e. The van der Waals surface area contributed by atoms with Crippen molar-refractivity contribution in [2.24, 2.45) is 5.92 Å². The highest BCUT2D eigenvalue weighted by Gasteiger charge is 2.13. The van der Waals surface area contributed by atoms with Crippen LogP contribution in [0.2, 0.25) is 0 Å². The Balaban J connectivity index is 2.68. The van der Waals surface area contributed by atoms with E-state index in [-0.39, 0.29) is 0 Å². The molecule has 20 heavy (non-hydrogen) atoms. The lowest BCUT2D eigenvalue weighted by Gasteiger charge is -2.14. The highest BCUT2D eigenvalue weighted by Crippen LogP contribution is 2.26. The van der Waals surface area contributed by atoms with Gasteiger partial charge in [0.1, 0.15) is 0 Å². The Kier molecular flexibility index (Phi) is 8.57. The molecule has 0 saturated carbocycles. The zero-order valence-corrected chi connectivity index (χ0v) is 15.2. The lowest BCUT2D eigenvalue weighted by atomic mass is 10.2. The van der Waals surface area contributed by atoms with Crippen LogP contribution >= 0.6 is 23.1 Å². The minimum absolute atomic E-state index is 0.696. The molecule has 1 heterocycles. The number of hydrogen-bond acceptors (Lipinski definition) is 5. The number of thioether (sulfide) groups is 1. The summed E-state index contributed by atoms with van der Waals surface area (Å²) in [5, 5.41) is 4.71. The number of aryl methyl sites for hydroxylation is 1. The fraction of sp³-hybridized carbons (Fsp3) is 0.800. The van der Waals surface area contributed by atoms with Crippen molar-refractivity contribution in [1.29, 1.82) is 0 Å². The molecule has 0 amide bonds. The van der Waals surface area contributed by atoms with E-state index in [0.717, 1.165) is 38.2 Å². The molecule has 0 fully saturated rings. The van der Waals surface area contributed by atoms with E-state index in [4.69, 9.17) is 4.98 Å². The summed E-state index contributed by atoms with van der Waals surface area (Å²) >= 11 is 3.74. The molecule has 1 aromatic rings. The highest BCUT2D eigenvalue weighted by atomic mass is 32.2. The van der Waals surface area contributed by atoms with Crippen molar-refractivity contribution >= 4 is 28.2 Å². The van der Waals surface area contributed by atoms with Gasteiger partial charge in [-0.25, -0.2) is 4.98 Å². The number of hydrogen-bond donors (Lipinski definition) is 1. The molecule has 5 heteroatoms. The van der Waals surface area contributed by atoms with E-state index < -0.39 is 0 Å². The molecule has 1 N–H and O–H groups in total. The summed E-state index contributed by atoms with van der Waals surface area (Å²) in [6.07, 6.45) is 4.40. The summed E-state index contributed by atoms with van der Waals surface area (Å²) in [6, 6.07) is 0. The standard InChI is InChI=1S/C15H29N3S2/c1-6-7-13-14(11-16-10-12(2)3)20-15(17-13)18(4)8-9-19-5/h12,16H,6-11H2,1-5H3. The Hall–Kier alpha value is -0.260. The van der Waals surface area contributed by atoms with Gasteiger partial charge in [0.2, 0.25) is 0 Å². The summed E-state index contributed by atoms with van der Waals surface area (Å²) in [6.45, 7) is 9.81. The average Bonchev–Trinajstić information content (AvgIpc) is 2.79. The SMILES string of the molecule is CCCc1nc(N(C)CCSC)sc1CNCC(C)C. The lowest BCUT2D eigenvalue weighted by molar-refractivity contribution is 0.553. The predicted octanol–water partition coefficient (Wildman–Crippen LogP) is 3.64. The molecule has 0 unspecified atom stereocenters. The Labute approximate surface area is 132 Å². The van der Waals surface area contributed by atoms with Crippen molar-refractivity contribution in [3.8, 4) is 0 Å². The van der Waals surface area contributed by atoms with Crippen molar-refractivity contribution < 1.29 is 0 Å². The van der Waals surface area contributed by atoms with Gasteiger partial charge >= 0.3 is 0 Å². The maximum absolute atomic E-state index is 4.85. The zero-order valence-electron chi connectivity index (χ0n) is 13.5. The first-order chi connectivity index (χ1) is 9.58. The third-order valence-electron chi connectivity index (χ3n) is 3.05. The number of thiazole rings is 1. The molecular weight excluding hydrogens is 286 g/mol. The Morgan fingerprint density at radius 3 is 2.75 bits per heavy atom. The molecule has 1 rings (SSSR count). The van der Waals surface area contributed by atoms with Crippen LogP contribution in [0.15, 0.2) is 0 Å². The third-order valence-corrected chi connectivity index (χ3v) is 4.85. The average molecular weight is 316 g/mol. The topological polar surface area (TPSA) is 28.2 Å². The summed E-state index contributed by atoms with van der Waals surface area (Å²) < 4.78 is 0. The summed E-state index contributed by atoms with van der Waals surface area (Å²) in [5.74, 6) is 1.85. The number of anilines is 1. The van der Waals surface area contributed by atoms with Crippen LogP contribution in [-0.2, 0) is 13.0 Å². The fourth-order valence-corrected chi connectivity index (χ4v) is 3.42. The lowest BCUT2D eigenvalue weighted by Crippen LogP contribution is -2.19. The molecule has 0 spiro atoms. The van der Waals surface area contributed by atoms with Crippen molar-refractivity contribution in [2.45, 2.75) is 40.2 Å². The van der Waals surface area contributed by atoms with Crippen LogP contribution in [-0.4, -0.2) is 37.1 Å². The van der Waals surface area contributed by atoms with Crippen LogP contribution in [0.4, 0.5) is 5.13 Å². The quantitative estimate of drug-likeness (QED) is 0.713. The molecule has 0 bridgehead atoms. The van der Waals surface area contributed by atoms with Gasteiger partial charge in [0, 0.05) is 30.8 Å². The van der Waals surface area contributed by atoms with Gasteiger partial charge in [0.15, 0.2) is 5.13 Å². The molecule has 0 aliphatic rings. The van der Waals surface area contributed by atoms with Crippen molar-refractivity contribution in [1.82, 2.24) is 10.3 Å². The molecule has 0 aliphatic heterocycles. The Morgan fingerprint density at radius 1 is 1.40 bits per heavy atom. The van der Waals surface area contributed by atoms with E-state index in [1.54, 1.807) is 0 Å². The van der Waals surface area contributed by atoms with E-state index in [9.17, 15) is 0 Å². The second-order valence-electron chi connectivity index (χ2n) is 5.56. The summed E-state index contributed by atoms with van der Waals surface area (Å²) in [7, 11) is 2.15. The first-order valence-electron chi connectivity index (χ1n) is 7.47. The van der Waals surface area contributed by atoms with Gasteiger partial charge in [0.05, 0.1) is 5.69 Å². The van der Waals surface area contributed by atoms with Crippen LogP contribution in [0.1, 0.15) is 37.8 Å².